The molecular formula is C35H49F3N6O7SSi. The molecule has 53 heavy (non-hydrogen) atoms. The van der Waals surface area contributed by atoms with Crippen LogP contribution in [-0.4, -0.2) is 107 Å². The minimum atomic E-state index is -5.08. The summed E-state index contributed by atoms with van der Waals surface area (Å²) in [4.78, 5) is 22.3. The molecule has 292 valence electrons. The SMILES string of the molecule is COc1cc(OC)c(CSCOC2C[C@H](n3cc(C#CNC(=O)C(F)(F)F)c4c(NCN(C)C)ncnc43)O[C@@H]2CO[Si](C)(C)C(C)(C)C)c(OC)c1. The van der Waals surface area contributed by atoms with Crippen molar-refractivity contribution in [2.45, 2.75) is 75.7 Å². The fourth-order valence-corrected chi connectivity index (χ4v) is 7.05. The highest BCUT2D eigenvalue weighted by atomic mass is 32.2. The van der Waals surface area contributed by atoms with Gasteiger partial charge < -0.3 is 38.0 Å². The first kappa shape index (κ1) is 42.0. The predicted molar refractivity (Wildman–Crippen MR) is 200 cm³/mol. The van der Waals surface area contributed by atoms with Gasteiger partial charge >= 0.3 is 12.1 Å². The molecule has 2 N–H and O–H groups in total. The number of carbonyl (C=O) groups excluding carboxylic acids is 1. The molecular weight excluding hydrogens is 734 g/mol. The number of ether oxygens (including phenoxy) is 5. The second kappa shape index (κ2) is 17.6. The van der Waals surface area contributed by atoms with Gasteiger partial charge in [0.15, 0.2) is 8.32 Å². The second-order valence-corrected chi connectivity index (χ2v) is 19.8. The third-order valence-corrected chi connectivity index (χ3v) is 14.4. The first-order valence-electron chi connectivity index (χ1n) is 16.8. The number of amides is 1. The van der Waals surface area contributed by atoms with Crippen LogP contribution in [0, 0.1) is 12.0 Å². The molecule has 2 aromatic heterocycles. The fourth-order valence-electron chi connectivity index (χ4n) is 5.20. The number of nitrogens with one attached hydrogen (secondary N) is 2. The van der Waals surface area contributed by atoms with Gasteiger partial charge in [0, 0.05) is 42.1 Å². The molecule has 0 bridgehead atoms. The number of aromatic nitrogens is 3. The van der Waals surface area contributed by atoms with Crippen LogP contribution in [0.25, 0.3) is 11.0 Å². The lowest BCUT2D eigenvalue weighted by molar-refractivity contribution is -0.172. The normalized spacial score (nSPS) is 17.8. The van der Waals surface area contributed by atoms with Crippen molar-refractivity contribution in [2.24, 2.45) is 0 Å². The van der Waals surface area contributed by atoms with Gasteiger partial charge in [-0.25, -0.2) is 9.97 Å². The van der Waals surface area contributed by atoms with Crippen molar-refractivity contribution in [3.63, 3.8) is 0 Å². The van der Waals surface area contributed by atoms with Gasteiger partial charge in [0.1, 0.15) is 47.4 Å². The number of methoxy groups -OCH3 is 3. The summed E-state index contributed by atoms with van der Waals surface area (Å²) in [6.45, 7) is 11.5. The summed E-state index contributed by atoms with van der Waals surface area (Å²) in [6, 6.07) is 5.76. The van der Waals surface area contributed by atoms with Crippen LogP contribution in [0.3, 0.4) is 0 Å². The Kier molecular flexibility index (Phi) is 14.0. The van der Waals surface area contributed by atoms with Crippen molar-refractivity contribution in [1.29, 1.82) is 0 Å². The molecule has 0 radical (unpaired) electrons. The topological polar surface area (TPSA) is 130 Å². The Labute approximate surface area is 313 Å². The van der Waals surface area contributed by atoms with Gasteiger partial charge in [-0.1, -0.05) is 20.8 Å². The summed E-state index contributed by atoms with van der Waals surface area (Å²) in [5.41, 5.74) is 1.60. The van der Waals surface area contributed by atoms with E-state index in [4.69, 9.17) is 28.1 Å². The van der Waals surface area contributed by atoms with E-state index in [9.17, 15) is 18.0 Å². The second-order valence-electron chi connectivity index (χ2n) is 14.1. The van der Waals surface area contributed by atoms with Crippen LogP contribution in [0.2, 0.25) is 18.1 Å². The largest absolute Gasteiger partial charge is 0.496 e. The zero-order chi connectivity index (χ0) is 39.1. The van der Waals surface area contributed by atoms with Crippen LogP contribution in [0.5, 0.6) is 17.2 Å². The summed E-state index contributed by atoms with van der Waals surface area (Å²) in [6.07, 6.45) is -3.08. The van der Waals surface area contributed by atoms with E-state index in [-0.39, 0.29) is 11.1 Å². The number of carbonyl (C=O) groups is 1. The van der Waals surface area contributed by atoms with Crippen LogP contribution in [0.15, 0.2) is 24.7 Å². The first-order chi connectivity index (χ1) is 24.9. The molecule has 18 heteroatoms. The third kappa shape index (κ3) is 10.5. The van der Waals surface area contributed by atoms with Crippen molar-refractivity contribution in [3.05, 3.63) is 35.8 Å². The number of nitrogens with zero attached hydrogens (tertiary/aromatic N) is 4. The molecule has 1 fully saturated rings. The van der Waals surface area contributed by atoms with Gasteiger partial charge in [-0.3, -0.25) is 15.0 Å². The number of thioether (sulfide) groups is 1. The lowest BCUT2D eigenvalue weighted by atomic mass is 10.2. The third-order valence-electron chi connectivity index (χ3n) is 9.14. The van der Waals surface area contributed by atoms with Crippen molar-refractivity contribution < 1.29 is 46.1 Å². The number of fused-ring (bicyclic) bond motifs is 1. The number of alkyl halides is 3. The highest BCUT2D eigenvalue weighted by molar-refractivity contribution is 7.98. The number of rotatable bonds is 15. The van der Waals surface area contributed by atoms with E-state index in [0.717, 1.165) is 5.56 Å². The van der Waals surface area contributed by atoms with E-state index in [1.807, 2.05) is 19.0 Å². The zero-order valence-corrected chi connectivity index (χ0v) is 33.6. The number of benzene rings is 1. The van der Waals surface area contributed by atoms with E-state index in [0.29, 0.717) is 71.1 Å². The Morgan fingerprint density at radius 1 is 1.11 bits per heavy atom. The molecule has 1 saturated heterocycles. The Morgan fingerprint density at radius 2 is 1.79 bits per heavy atom. The Morgan fingerprint density at radius 3 is 2.38 bits per heavy atom. The lowest BCUT2D eigenvalue weighted by Crippen LogP contribution is -2.44. The number of hydrogen-bond donors (Lipinski definition) is 2. The van der Waals surface area contributed by atoms with Gasteiger partial charge in [0.2, 0.25) is 0 Å². The molecule has 1 amide bonds. The molecule has 0 spiro atoms. The van der Waals surface area contributed by atoms with Crippen LogP contribution < -0.4 is 24.8 Å². The molecule has 13 nitrogen and oxygen atoms in total. The Hall–Kier alpha value is -3.73. The van der Waals surface area contributed by atoms with Crippen LogP contribution >= 0.6 is 11.8 Å². The predicted octanol–water partition coefficient (Wildman–Crippen LogP) is 5.96. The van der Waals surface area contributed by atoms with E-state index in [1.54, 1.807) is 49.5 Å². The zero-order valence-electron chi connectivity index (χ0n) is 31.8. The number of anilines is 1. The van der Waals surface area contributed by atoms with Crippen LogP contribution in [0.1, 0.15) is 44.5 Å². The summed E-state index contributed by atoms with van der Waals surface area (Å²) >= 11 is 1.54. The maximum absolute atomic E-state index is 12.9. The van der Waals surface area contributed by atoms with Crippen LogP contribution in [0.4, 0.5) is 19.0 Å². The summed E-state index contributed by atoms with van der Waals surface area (Å²) in [5.74, 6) is 3.65. The van der Waals surface area contributed by atoms with E-state index in [2.05, 4.69) is 61.1 Å². The molecule has 1 aliphatic heterocycles. The van der Waals surface area contributed by atoms with Crippen LogP contribution in [-0.2, 0) is 24.4 Å². The quantitative estimate of drug-likeness (QED) is 0.0621. The molecule has 1 unspecified atom stereocenters. The average molecular weight is 783 g/mol. The molecule has 3 heterocycles. The van der Waals surface area contributed by atoms with Gasteiger partial charge in [0.05, 0.1) is 57.6 Å². The van der Waals surface area contributed by atoms with Gasteiger partial charge in [0.25, 0.3) is 0 Å². The van der Waals surface area contributed by atoms with Gasteiger partial charge in [-0.2, -0.15) is 13.2 Å². The van der Waals surface area contributed by atoms with Crippen molar-refractivity contribution in [1.82, 2.24) is 24.8 Å². The summed E-state index contributed by atoms with van der Waals surface area (Å²) < 4.78 is 76.7. The van der Waals surface area contributed by atoms with Crippen molar-refractivity contribution >= 4 is 42.8 Å². The highest BCUT2D eigenvalue weighted by Crippen LogP contribution is 2.41. The maximum Gasteiger partial charge on any atom is 0.472 e. The fraction of sp³-hybridized carbons (Fsp3) is 0.571. The molecule has 4 rings (SSSR count). The van der Waals surface area contributed by atoms with E-state index < -0.39 is 32.7 Å². The molecule has 1 aliphatic rings. The number of halogens is 3. The minimum absolute atomic E-state index is 0.0354. The van der Waals surface area contributed by atoms with E-state index >= 15 is 0 Å². The molecule has 1 aromatic carbocycles. The number of hydrogen-bond acceptors (Lipinski definition) is 12. The summed E-state index contributed by atoms with van der Waals surface area (Å²) in [7, 11) is 6.32. The highest BCUT2D eigenvalue weighted by Gasteiger charge is 2.43. The standard InChI is InChI=1S/C35H49F3N6O7SSi/c1-34(2,3)53(9,10)50-17-28-27(49-21-52-18-24-25(47-7)13-23(46-6)14-26(24)48-8)15-29(51-28)44-16-22(11-12-39-33(45)35(36,37)38)30-31(42-20-43(4)5)40-19-41-32(30)44/h13-14,16,19,27-29H,15,17-18,20-21H2,1-10H3,(H,39,45)(H,40,41,42)/t27?,28-,29-/m1/s1. The van der Waals surface area contributed by atoms with Crippen molar-refractivity contribution in [3.8, 4) is 29.2 Å². The van der Waals surface area contributed by atoms with Gasteiger partial charge in [-0.15, -0.1) is 11.8 Å². The van der Waals surface area contributed by atoms with Gasteiger partial charge in [-0.05, 0) is 38.1 Å². The monoisotopic (exact) mass is 782 g/mol. The Balaban J connectivity index is 1.63. The summed E-state index contributed by atoms with van der Waals surface area (Å²) in [5, 5.41) is 5.25. The van der Waals surface area contributed by atoms with Crippen molar-refractivity contribution in [2.75, 3.05) is 60.0 Å². The minimum Gasteiger partial charge on any atom is -0.496 e. The average Bonchev–Trinajstić information content (AvgIpc) is 3.68. The Bertz CT molecular complexity index is 1770. The maximum atomic E-state index is 12.9. The smallest absolute Gasteiger partial charge is 0.472 e. The first-order valence-corrected chi connectivity index (χ1v) is 20.9. The molecule has 3 atom stereocenters. The van der Waals surface area contributed by atoms with E-state index in [1.165, 1.54) is 18.1 Å². The molecule has 0 saturated carbocycles. The lowest BCUT2D eigenvalue weighted by Gasteiger charge is -2.37. The molecule has 0 aliphatic carbocycles. The molecule has 3 aromatic rings.